The molecule has 0 bridgehead atoms. The van der Waals surface area contributed by atoms with Gasteiger partial charge in [0, 0.05) is 56.3 Å². The molecule has 4 rings (SSSR count). The number of amides is 1. The Morgan fingerprint density at radius 1 is 1.17 bits per heavy atom. The molecule has 3 aromatic rings. The molecule has 29 heavy (non-hydrogen) atoms. The Morgan fingerprint density at radius 2 is 2.07 bits per heavy atom. The third-order valence-corrected chi connectivity index (χ3v) is 4.39. The summed E-state index contributed by atoms with van der Waals surface area (Å²) < 4.78 is 10.6. The van der Waals surface area contributed by atoms with Crippen molar-refractivity contribution in [2.45, 2.75) is 0 Å². The van der Waals surface area contributed by atoms with Gasteiger partial charge < -0.3 is 24.8 Å². The number of nitrogens with zero attached hydrogens (tertiary/aromatic N) is 5. The lowest BCUT2D eigenvalue weighted by Gasteiger charge is -2.27. The van der Waals surface area contributed by atoms with Crippen molar-refractivity contribution in [3.05, 3.63) is 48.7 Å². The topological polar surface area (TPSA) is 118 Å². The summed E-state index contributed by atoms with van der Waals surface area (Å²) >= 11 is 0. The fourth-order valence-corrected chi connectivity index (χ4v) is 2.89. The van der Waals surface area contributed by atoms with Gasteiger partial charge in [-0.25, -0.2) is 9.97 Å². The van der Waals surface area contributed by atoms with Crippen molar-refractivity contribution >= 4 is 17.5 Å². The van der Waals surface area contributed by atoms with E-state index in [0.717, 1.165) is 24.5 Å². The predicted octanol–water partition coefficient (Wildman–Crippen LogP) is 1.21. The fraction of sp³-hybridized carbons (Fsp3) is 0.316. The summed E-state index contributed by atoms with van der Waals surface area (Å²) in [6.07, 6.45) is 4.85. The molecule has 1 aliphatic heterocycles. The second kappa shape index (κ2) is 9.11. The van der Waals surface area contributed by atoms with Crippen LogP contribution in [0.25, 0.3) is 11.3 Å². The van der Waals surface area contributed by atoms with Gasteiger partial charge in [0.2, 0.25) is 0 Å². The van der Waals surface area contributed by atoms with Crippen LogP contribution in [0.1, 0.15) is 10.5 Å². The van der Waals surface area contributed by atoms with Gasteiger partial charge in [0.15, 0.2) is 11.5 Å². The van der Waals surface area contributed by atoms with Crippen molar-refractivity contribution in [1.29, 1.82) is 0 Å². The molecule has 10 heteroatoms. The van der Waals surface area contributed by atoms with E-state index < -0.39 is 0 Å². The summed E-state index contributed by atoms with van der Waals surface area (Å²) in [5, 5.41) is 9.81. The van der Waals surface area contributed by atoms with Gasteiger partial charge in [-0.05, 0) is 12.1 Å². The Hall–Kier alpha value is -3.53. The highest BCUT2D eigenvalue weighted by Gasteiger charge is 2.14. The number of rotatable bonds is 7. The van der Waals surface area contributed by atoms with Gasteiger partial charge in [-0.15, -0.1) is 0 Å². The maximum absolute atomic E-state index is 12.2. The van der Waals surface area contributed by atoms with Crippen LogP contribution < -0.4 is 15.5 Å². The Balaban J connectivity index is 1.25. The number of pyridine rings is 1. The normalized spacial score (nSPS) is 13.9. The molecule has 0 unspecified atom stereocenters. The number of morpholine rings is 1. The molecule has 150 valence electrons. The van der Waals surface area contributed by atoms with Gasteiger partial charge in [0.05, 0.1) is 13.2 Å². The SMILES string of the molecule is O=C(NCCNc1cc(N2CCOCC2)ncn1)c1cc(-c2cccnc2)on1. The lowest BCUT2D eigenvalue weighted by Crippen LogP contribution is -2.36. The largest absolute Gasteiger partial charge is 0.378 e. The fourth-order valence-electron chi connectivity index (χ4n) is 2.89. The molecule has 10 nitrogen and oxygen atoms in total. The maximum atomic E-state index is 12.2. The molecule has 1 amide bonds. The summed E-state index contributed by atoms with van der Waals surface area (Å²) in [5.41, 5.74) is 0.987. The standard InChI is InChI=1S/C19H21N7O3/c27-19(15-10-16(29-25-15)14-2-1-3-20-12-14)22-5-4-21-17-11-18(24-13-23-17)26-6-8-28-9-7-26/h1-3,10-13H,4-9H2,(H,22,27)(H,21,23,24). The number of carbonyl (C=O) groups is 1. The third-order valence-electron chi connectivity index (χ3n) is 4.39. The first-order chi connectivity index (χ1) is 14.3. The molecule has 0 saturated carbocycles. The minimum Gasteiger partial charge on any atom is -0.378 e. The molecular weight excluding hydrogens is 374 g/mol. The zero-order chi connectivity index (χ0) is 19.9. The van der Waals surface area contributed by atoms with Crippen LogP contribution in [0.5, 0.6) is 0 Å². The van der Waals surface area contributed by atoms with Crippen LogP contribution in [0.2, 0.25) is 0 Å². The molecule has 2 N–H and O–H groups in total. The Kier molecular flexibility index (Phi) is 5.91. The van der Waals surface area contributed by atoms with E-state index in [-0.39, 0.29) is 11.6 Å². The Bertz CT molecular complexity index is 942. The van der Waals surface area contributed by atoms with E-state index in [1.165, 1.54) is 6.33 Å². The van der Waals surface area contributed by atoms with Gasteiger partial charge in [-0.3, -0.25) is 9.78 Å². The number of aromatic nitrogens is 4. The van der Waals surface area contributed by atoms with Gasteiger partial charge in [0.1, 0.15) is 18.0 Å². The summed E-state index contributed by atoms with van der Waals surface area (Å²) in [7, 11) is 0. The number of carbonyl (C=O) groups excluding carboxylic acids is 1. The van der Waals surface area contributed by atoms with Crippen molar-refractivity contribution in [2.75, 3.05) is 49.6 Å². The quantitative estimate of drug-likeness (QED) is 0.569. The van der Waals surface area contributed by atoms with Crippen LogP contribution in [-0.4, -0.2) is 65.4 Å². The van der Waals surface area contributed by atoms with Crippen molar-refractivity contribution in [3.63, 3.8) is 0 Å². The van der Waals surface area contributed by atoms with Gasteiger partial charge in [0.25, 0.3) is 5.91 Å². The van der Waals surface area contributed by atoms with Gasteiger partial charge >= 0.3 is 0 Å². The van der Waals surface area contributed by atoms with Crippen molar-refractivity contribution in [2.24, 2.45) is 0 Å². The highest BCUT2D eigenvalue weighted by Crippen LogP contribution is 2.18. The van der Waals surface area contributed by atoms with E-state index >= 15 is 0 Å². The molecule has 4 heterocycles. The van der Waals surface area contributed by atoms with E-state index in [0.29, 0.717) is 37.9 Å². The van der Waals surface area contributed by atoms with Crippen molar-refractivity contribution in [3.8, 4) is 11.3 Å². The molecule has 3 aromatic heterocycles. The second-order valence-corrected chi connectivity index (χ2v) is 6.36. The number of ether oxygens (including phenoxy) is 1. The van der Waals surface area contributed by atoms with Crippen LogP contribution in [0.3, 0.4) is 0 Å². The summed E-state index contributed by atoms with van der Waals surface area (Å²) in [5.74, 6) is 1.76. The second-order valence-electron chi connectivity index (χ2n) is 6.36. The number of hydrogen-bond acceptors (Lipinski definition) is 9. The van der Waals surface area contributed by atoms with E-state index in [9.17, 15) is 4.79 Å². The van der Waals surface area contributed by atoms with Crippen molar-refractivity contribution in [1.82, 2.24) is 25.4 Å². The van der Waals surface area contributed by atoms with Gasteiger partial charge in [-0.1, -0.05) is 5.16 Å². The summed E-state index contributed by atoms with van der Waals surface area (Å²) in [4.78, 5) is 27.0. The average molecular weight is 395 g/mol. The molecule has 0 aromatic carbocycles. The van der Waals surface area contributed by atoms with E-state index in [1.54, 1.807) is 24.5 Å². The maximum Gasteiger partial charge on any atom is 0.273 e. The first-order valence-electron chi connectivity index (χ1n) is 9.33. The first-order valence-corrected chi connectivity index (χ1v) is 9.33. The van der Waals surface area contributed by atoms with E-state index in [2.05, 4.69) is 35.6 Å². The minimum atomic E-state index is -0.303. The predicted molar refractivity (Wildman–Crippen MR) is 106 cm³/mol. The molecule has 1 saturated heterocycles. The van der Waals surface area contributed by atoms with Gasteiger partial charge in [-0.2, -0.15) is 0 Å². The van der Waals surface area contributed by atoms with Crippen LogP contribution in [0.4, 0.5) is 11.6 Å². The smallest absolute Gasteiger partial charge is 0.273 e. The molecule has 0 aliphatic carbocycles. The number of hydrogen-bond donors (Lipinski definition) is 2. The van der Waals surface area contributed by atoms with E-state index in [4.69, 9.17) is 9.26 Å². The summed E-state index contributed by atoms with van der Waals surface area (Å²) in [6.45, 7) is 3.94. The Morgan fingerprint density at radius 3 is 2.90 bits per heavy atom. The molecule has 0 spiro atoms. The molecule has 0 radical (unpaired) electrons. The monoisotopic (exact) mass is 395 g/mol. The molecular formula is C19H21N7O3. The van der Waals surface area contributed by atoms with Crippen molar-refractivity contribution < 1.29 is 14.1 Å². The van der Waals surface area contributed by atoms with Crippen LogP contribution in [0.15, 0.2) is 47.5 Å². The minimum absolute atomic E-state index is 0.223. The zero-order valence-electron chi connectivity index (χ0n) is 15.7. The molecule has 1 aliphatic rings. The lowest BCUT2D eigenvalue weighted by molar-refractivity contribution is 0.0946. The molecule has 0 atom stereocenters. The third kappa shape index (κ3) is 4.85. The average Bonchev–Trinajstić information content (AvgIpc) is 3.29. The summed E-state index contributed by atoms with van der Waals surface area (Å²) in [6, 6.07) is 7.12. The number of nitrogens with one attached hydrogen (secondary N) is 2. The number of anilines is 2. The van der Waals surface area contributed by atoms with Crippen LogP contribution >= 0.6 is 0 Å². The molecule has 1 fully saturated rings. The zero-order valence-corrected chi connectivity index (χ0v) is 15.7. The highest BCUT2D eigenvalue weighted by molar-refractivity contribution is 5.93. The van der Waals surface area contributed by atoms with Crippen LogP contribution in [0, 0.1) is 0 Å². The van der Waals surface area contributed by atoms with Crippen LogP contribution in [-0.2, 0) is 4.74 Å². The first kappa shape index (κ1) is 18.8. The highest BCUT2D eigenvalue weighted by atomic mass is 16.5. The van der Waals surface area contributed by atoms with E-state index in [1.807, 2.05) is 12.1 Å². The Labute approximate surface area is 167 Å². The lowest BCUT2D eigenvalue weighted by atomic mass is 10.2.